The van der Waals surface area contributed by atoms with Crippen molar-refractivity contribution >= 4 is 10.0 Å². The molecule has 1 saturated carbocycles. The number of nitrogens with one attached hydrogen (secondary N) is 2. The van der Waals surface area contributed by atoms with Crippen molar-refractivity contribution in [1.82, 2.24) is 10.0 Å². The van der Waals surface area contributed by atoms with Crippen LogP contribution in [0.1, 0.15) is 26.2 Å². The lowest BCUT2D eigenvalue weighted by molar-refractivity contribution is 0.414. The maximum Gasteiger partial charge on any atom is 0.240 e. The van der Waals surface area contributed by atoms with Crippen molar-refractivity contribution in [2.75, 3.05) is 20.2 Å². The van der Waals surface area contributed by atoms with Crippen molar-refractivity contribution in [3.8, 4) is 5.75 Å². The van der Waals surface area contributed by atoms with Crippen LogP contribution in [-0.4, -0.2) is 34.7 Å². The second-order valence-electron chi connectivity index (χ2n) is 5.54. The summed E-state index contributed by atoms with van der Waals surface area (Å²) in [4.78, 5) is 0.262. The molecular formula is C15H24N2O3S. The summed E-state index contributed by atoms with van der Waals surface area (Å²) in [6, 6.07) is 6.91. The highest BCUT2D eigenvalue weighted by Gasteiger charge is 2.22. The van der Waals surface area contributed by atoms with Crippen molar-refractivity contribution < 1.29 is 13.2 Å². The van der Waals surface area contributed by atoms with Gasteiger partial charge in [0.25, 0.3) is 0 Å². The molecule has 2 rings (SSSR count). The Morgan fingerprint density at radius 2 is 1.90 bits per heavy atom. The van der Waals surface area contributed by atoms with Gasteiger partial charge in [0, 0.05) is 19.1 Å². The van der Waals surface area contributed by atoms with Crippen LogP contribution in [0, 0.1) is 5.92 Å². The molecule has 1 aromatic rings. The van der Waals surface area contributed by atoms with Gasteiger partial charge in [0.1, 0.15) is 5.75 Å². The number of benzene rings is 1. The summed E-state index contributed by atoms with van der Waals surface area (Å²) in [5.74, 6) is 1.33. The lowest BCUT2D eigenvalue weighted by Crippen LogP contribution is -2.38. The van der Waals surface area contributed by atoms with E-state index < -0.39 is 10.0 Å². The average Bonchev–Trinajstić information content (AvgIpc) is 2.89. The normalized spacial score (nSPS) is 22.4. The smallest absolute Gasteiger partial charge is 0.240 e. The van der Waals surface area contributed by atoms with Crippen LogP contribution in [0.3, 0.4) is 0 Å². The van der Waals surface area contributed by atoms with Crippen LogP contribution < -0.4 is 14.8 Å². The summed E-state index contributed by atoms with van der Waals surface area (Å²) < 4.78 is 31.9. The molecule has 0 amide bonds. The molecule has 0 radical (unpaired) electrons. The number of ether oxygens (including phenoxy) is 1. The van der Waals surface area contributed by atoms with Crippen molar-refractivity contribution in [2.45, 2.75) is 37.1 Å². The van der Waals surface area contributed by atoms with E-state index in [2.05, 4.69) is 17.0 Å². The molecule has 118 valence electrons. The van der Waals surface area contributed by atoms with Crippen LogP contribution in [0.15, 0.2) is 29.2 Å². The molecule has 2 N–H and O–H groups in total. The Hall–Kier alpha value is -1.11. The third-order valence-corrected chi connectivity index (χ3v) is 5.53. The van der Waals surface area contributed by atoms with Gasteiger partial charge in [-0.25, -0.2) is 13.1 Å². The van der Waals surface area contributed by atoms with Gasteiger partial charge in [-0.2, -0.15) is 0 Å². The van der Waals surface area contributed by atoms with E-state index in [4.69, 9.17) is 4.74 Å². The fourth-order valence-corrected chi connectivity index (χ4v) is 3.76. The SMILES string of the molecule is COc1ccc(S(=O)(=O)NCCN[C@@H]2CCC[C@H]2C)cc1. The first kappa shape index (κ1) is 16.3. The summed E-state index contributed by atoms with van der Waals surface area (Å²) in [7, 11) is -1.89. The van der Waals surface area contributed by atoms with E-state index in [1.807, 2.05) is 0 Å². The highest BCUT2D eigenvalue weighted by atomic mass is 32.2. The predicted octanol–water partition coefficient (Wildman–Crippen LogP) is 1.75. The fourth-order valence-electron chi connectivity index (χ4n) is 2.73. The van der Waals surface area contributed by atoms with E-state index >= 15 is 0 Å². The number of sulfonamides is 1. The number of rotatable bonds is 7. The molecule has 21 heavy (non-hydrogen) atoms. The Morgan fingerprint density at radius 1 is 1.19 bits per heavy atom. The standard InChI is InChI=1S/C15H24N2O3S/c1-12-4-3-5-15(12)16-10-11-17-21(18,19)14-8-6-13(20-2)7-9-14/h6-9,12,15-17H,3-5,10-11H2,1-2H3/t12-,15-/m1/s1. The second kappa shape index (κ2) is 7.24. The summed E-state index contributed by atoms with van der Waals surface area (Å²) in [5, 5.41) is 3.43. The first-order valence-corrected chi connectivity index (χ1v) is 8.88. The first-order chi connectivity index (χ1) is 10.0. The third kappa shape index (κ3) is 4.43. The van der Waals surface area contributed by atoms with Crippen molar-refractivity contribution in [3.63, 3.8) is 0 Å². The molecule has 0 unspecified atom stereocenters. The van der Waals surface area contributed by atoms with E-state index in [9.17, 15) is 8.42 Å². The topological polar surface area (TPSA) is 67.4 Å². The predicted molar refractivity (Wildman–Crippen MR) is 83.0 cm³/mol. The number of hydrogen-bond donors (Lipinski definition) is 2. The highest BCUT2D eigenvalue weighted by molar-refractivity contribution is 7.89. The van der Waals surface area contributed by atoms with Crippen LogP contribution in [0.5, 0.6) is 5.75 Å². The van der Waals surface area contributed by atoms with Crippen LogP contribution in [0.2, 0.25) is 0 Å². The van der Waals surface area contributed by atoms with E-state index in [0.29, 0.717) is 30.8 Å². The molecule has 6 heteroatoms. The van der Waals surface area contributed by atoms with E-state index in [1.165, 1.54) is 19.3 Å². The molecule has 1 aromatic carbocycles. The minimum Gasteiger partial charge on any atom is -0.497 e. The summed E-state index contributed by atoms with van der Waals surface area (Å²) in [6.45, 7) is 3.30. The van der Waals surface area contributed by atoms with Crippen molar-refractivity contribution in [3.05, 3.63) is 24.3 Å². The van der Waals surface area contributed by atoms with Gasteiger partial charge >= 0.3 is 0 Å². The fraction of sp³-hybridized carbons (Fsp3) is 0.600. The molecule has 5 nitrogen and oxygen atoms in total. The number of hydrogen-bond acceptors (Lipinski definition) is 4. The van der Waals surface area contributed by atoms with Crippen molar-refractivity contribution in [1.29, 1.82) is 0 Å². The molecule has 2 atom stereocenters. The van der Waals surface area contributed by atoms with Gasteiger partial charge in [-0.3, -0.25) is 0 Å². The molecule has 0 bridgehead atoms. The van der Waals surface area contributed by atoms with E-state index in [-0.39, 0.29) is 4.90 Å². The Balaban J connectivity index is 1.80. The first-order valence-electron chi connectivity index (χ1n) is 7.40. The average molecular weight is 312 g/mol. The molecular weight excluding hydrogens is 288 g/mol. The Morgan fingerprint density at radius 3 is 2.48 bits per heavy atom. The Kier molecular flexibility index (Phi) is 5.61. The molecule has 1 aliphatic carbocycles. The number of methoxy groups -OCH3 is 1. The van der Waals surface area contributed by atoms with Gasteiger partial charge in [-0.1, -0.05) is 13.3 Å². The summed E-state index contributed by atoms with van der Waals surface area (Å²) in [5.41, 5.74) is 0. The van der Waals surface area contributed by atoms with Gasteiger partial charge in [0.2, 0.25) is 10.0 Å². The minimum absolute atomic E-state index is 0.262. The van der Waals surface area contributed by atoms with Gasteiger partial charge < -0.3 is 10.1 Å². The zero-order valence-corrected chi connectivity index (χ0v) is 13.4. The van der Waals surface area contributed by atoms with Crippen LogP contribution in [-0.2, 0) is 10.0 Å². The van der Waals surface area contributed by atoms with Gasteiger partial charge in [0.05, 0.1) is 12.0 Å². The molecule has 1 aliphatic rings. The molecule has 1 fully saturated rings. The van der Waals surface area contributed by atoms with Crippen LogP contribution >= 0.6 is 0 Å². The van der Waals surface area contributed by atoms with E-state index in [1.54, 1.807) is 31.4 Å². The lowest BCUT2D eigenvalue weighted by Gasteiger charge is -2.17. The van der Waals surface area contributed by atoms with Crippen LogP contribution in [0.4, 0.5) is 0 Å². The molecule has 0 aliphatic heterocycles. The minimum atomic E-state index is -3.44. The summed E-state index contributed by atoms with van der Waals surface area (Å²) in [6.07, 6.45) is 3.71. The molecule has 0 spiro atoms. The van der Waals surface area contributed by atoms with Gasteiger partial charge in [-0.05, 0) is 43.0 Å². The zero-order chi connectivity index (χ0) is 15.3. The Bertz CT molecular complexity index is 543. The second-order valence-corrected chi connectivity index (χ2v) is 7.31. The largest absolute Gasteiger partial charge is 0.497 e. The monoisotopic (exact) mass is 312 g/mol. The van der Waals surface area contributed by atoms with Crippen LogP contribution in [0.25, 0.3) is 0 Å². The quantitative estimate of drug-likeness (QED) is 0.753. The Labute approximate surface area is 127 Å². The van der Waals surface area contributed by atoms with Crippen molar-refractivity contribution in [2.24, 2.45) is 5.92 Å². The molecule has 0 saturated heterocycles. The van der Waals surface area contributed by atoms with E-state index in [0.717, 1.165) is 0 Å². The highest BCUT2D eigenvalue weighted by Crippen LogP contribution is 2.24. The lowest BCUT2D eigenvalue weighted by atomic mass is 10.1. The van der Waals surface area contributed by atoms with Gasteiger partial charge in [0.15, 0.2) is 0 Å². The maximum atomic E-state index is 12.1. The molecule has 0 heterocycles. The molecule has 0 aromatic heterocycles. The summed E-state index contributed by atoms with van der Waals surface area (Å²) >= 11 is 0. The van der Waals surface area contributed by atoms with Gasteiger partial charge in [-0.15, -0.1) is 0 Å². The third-order valence-electron chi connectivity index (χ3n) is 4.05. The zero-order valence-electron chi connectivity index (χ0n) is 12.6. The maximum absolute atomic E-state index is 12.1.